The van der Waals surface area contributed by atoms with E-state index in [4.69, 9.17) is 9.84 Å². The highest BCUT2D eigenvalue weighted by molar-refractivity contribution is 5.96. The van der Waals surface area contributed by atoms with Crippen molar-refractivity contribution in [1.29, 1.82) is 0 Å². The van der Waals surface area contributed by atoms with Crippen molar-refractivity contribution in [3.05, 3.63) is 11.6 Å². The molecule has 15 heavy (non-hydrogen) atoms. The minimum Gasteiger partial charge on any atom is -0.481 e. The summed E-state index contributed by atoms with van der Waals surface area (Å²) in [7, 11) is 0. The van der Waals surface area contributed by atoms with Crippen LogP contribution < -0.4 is 0 Å². The third-order valence-corrected chi connectivity index (χ3v) is 2.54. The van der Waals surface area contributed by atoms with Gasteiger partial charge >= 0.3 is 11.9 Å². The molecule has 0 saturated carbocycles. The zero-order valence-corrected chi connectivity index (χ0v) is 9.03. The van der Waals surface area contributed by atoms with Crippen LogP contribution in [0.25, 0.3) is 0 Å². The van der Waals surface area contributed by atoms with Crippen molar-refractivity contribution in [2.45, 2.75) is 39.2 Å². The van der Waals surface area contributed by atoms with Gasteiger partial charge in [0.2, 0.25) is 0 Å². The Labute approximate surface area is 88.9 Å². The fraction of sp³-hybridized carbons (Fsp3) is 0.636. The van der Waals surface area contributed by atoms with Crippen LogP contribution in [-0.2, 0) is 14.3 Å². The molecule has 1 aliphatic heterocycles. The van der Waals surface area contributed by atoms with E-state index in [-0.39, 0.29) is 11.7 Å². The number of rotatable bonds is 5. The van der Waals surface area contributed by atoms with E-state index in [9.17, 15) is 9.59 Å². The first-order valence-electron chi connectivity index (χ1n) is 5.21. The number of carbonyl (C=O) groups excluding carboxylic acids is 1. The normalized spacial score (nSPS) is 22.1. The van der Waals surface area contributed by atoms with E-state index in [1.54, 1.807) is 6.08 Å². The number of aliphatic carboxylic acids is 1. The molecule has 0 bridgehead atoms. The van der Waals surface area contributed by atoms with Crippen LogP contribution in [0, 0.1) is 5.92 Å². The molecular weight excluding hydrogens is 196 g/mol. The van der Waals surface area contributed by atoms with Crippen LogP contribution in [0.5, 0.6) is 0 Å². The maximum Gasteiger partial charge on any atom is 0.335 e. The summed E-state index contributed by atoms with van der Waals surface area (Å²) in [5, 5.41) is 8.77. The Morgan fingerprint density at radius 2 is 2.33 bits per heavy atom. The van der Waals surface area contributed by atoms with Gasteiger partial charge in [-0.2, -0.15) is 0 Å². The fourth-order valence-corrected chi connectivity index (χ4v) is 1.51. The van der Waals surface area contributed by atoms with Gasteiger partial charge in [-0.25, -0.2) is 4.79 Å². The number of hydrogen-bond donors (Lipinski definition) is 1. The second kappa shape index (κ2) is 4.96. The first-order valence-corrected chi connectivity index (χ1v) is 5.21. The zero-order valence-electron chi connectivity index (χ0n) is 9.03. The van der Waals surface area contributed by atoms with Crippen molar-refractivity contribution < 1.29 is 19.4 Å². The molecule has 1 rings (SSSR count). The minimum absolute atomic E-state index is 0.228. The molecule has 0 aromatic rings. The van der Waals surface area contributed by atoms with Crippen molar-refractivity contribution in [1.82, 2.24) is 0 Å². The molecule has 0 fully saturated rings. The summed E-state index contributed by atoms with van der Waals surface area (Å²) in [6.45, 7) is 3.55. The first kappa shape index (κ1) is 11.8. The van der Waals surface area contributed by atoms with E-state index in [1.807, 2.05) is 0 Å². The van der Waals surface area contributed by atoms with E-state index in [2.05, 4.69) is 6.92 Å². The van der Waals surface area contributed by atoms with Crippen molar-refractivity contribution >= 4 is 11.9 Å². The summed E-state index contributed by atoms with van der Waals surface area (Å²) in [5.74, 6) is -2.25. The minimum atomic E-state index is -0.991. The molecule has 1 heterocycles. The molecule has 0 amide bonds. The predicted octanol–water partition coefficient (Wildman–Crippen LogP) is 1.75. The summed E-state index contributed by atoms with van der Waals surface area (Å²) < 4.78 is 5.05. The molecule has 1 unspecified atom stereocenters. The van der Waals surface area contributed by atoms with Crippen LogP contribution in [0.3, 0.4) is 0 Å². The highest BCUT2D eigenvalue weighted by Gasteiger charge is 2.31. The van der Waals surface area contributed by atoms with Crippen LogP contribution in [0.4, 0.5) is 0 Å². The summed E-state index contributed by atoms with van der Waals surface area (Å²) in [6, 6.07) is 0. The maximum atomic E-state index is 11.3. The van der Waals surface area contributed by atoms with E-state index in [1.165, 1.54) is 6.92 Å². The first-order chi connectivity index (χ1) is 7.06. The van der Waals surface area contributed by atoms with Crippen molar-refractivity contribution in [2.75, 3.05) is 0 Å². The standard InChI is InChI=1S/C11H16O4/c1-3-4-5-8-6-9(11(14)15-8)7(2)10(12)13/h6-8H,3-5H2,1-2H3,(H,12,13)/t7?,8-/m0/s1. The van der Waals surface area contributed by atoms with E-state index >= 15 is 0 Å². The molecule has 0 aliphatic carbocycles. The Morgan fingerprint density at radius 1 is 1.67 bits per heavy atom. The highest BCUT2D eigenvalue weighted by atomic mass is 16.5. The molecule has 4 heteroatoms. The molecule has 1 N–H and O–H groups in total. The third-order valence-electron chi connectivity index (χ3n) is 2.54. The van der Waals surface area contributed by atoms with Gasteiger partial charge in [0, 0.05) is 0 Å². The van der Waals surface area contributed by atoms with Crippen molar-refractivity contribution in [3.63, 3.8) is 0 Å². The van der Waals surface area contributed by atoms with Gasteiger partial charge in [0.25, 0.3) is 0 Å². The van der Waals surface area contributed by atoms with Gasteiger partial charge in [0.05, 0.1) is 11.5 Å². The monoisotopic (exact) mass is 212 g/mol. The van der Waals surface area contributed by atoms with Gasteiger partial charge in [0.1, 0.15) is 6.10 Å². The average Bonchev–Trinajstić information content (AvgIpc) is 2.55. The van der Waals surface area contributed by atoms with E-state index < -0.39 is 17.9 Å². The average molecular weight is 212 g/mol. The molecule has 0 radical (unpaired) electrons. The topological polar surface area (TPSA) is 63.6 Å². The second-order valence-electron chi connectivity index (χ2n) is 3.77. The highest BCUT2D eigenvalue weighted by Crippen LogP contribution is 2.24. The molecule has 0 aromatic heterocycles. The van der Waals surface area contributed by atoms with E-state index in [0.717, 1.165) is 19.3 Å². The Balaban J connectivity index is 2.64. The summed E-state index contributed by atoms with van der Waals surface area (Å²) >= 11 is 0. The molecule has 0 aromatic carbocycles. The van der Waals surface area contributed by atoms with Gasteiger partial charge in [-0.15, -0.1) is 0 Å². The number of carbonyl (C=O) groups is 2. The lowest BCUT2D eigenvalue weighted by molar-refractivity contribution is -0.145. The largest absolute Gasteiger partial charge is 0.481 e. The van der Waals surface area contributed by atoms with Crippen molar-refractivity contribution in [3.8, 4) is 0 Å². The number of carboxylic acids is 1. The third kappa shape index (κ3) is 2.81. The van der Waals surface area contributed by atoms with Crippen LogP contribution in [0.2, 0.25) is 0 Å². The number of esters is 1. The predicted molar refractivity (Wildman–Crippen MR) is 54.3 cm³/mol. The number of hydrogen-bond acceptors (Lipinski definition) is 3. The van der Waals surface area contributed by atoms with Gasteiger partial charge < -0.3 is 9.84 Å². The molecular formula is C11H16O4. The SMILES string of the molecule is CCCC[C@H]1C=C(C(C)C(=O)O)C(=O)O1. The molecule has 0 saturated heterocycles. The van der Waals surface area contributed by atoms with Gasteiger partial charge in [-0.05, 0) is 25.8 Å². The Hall–Kier alpha value is -1.32. The number of ether oxygens (including phenoxy) is 1. The number of carboxylic acid groups (broad SMARTS) is 1. The lowest BCUT2D eigenvalue weighted by Gasteiger charge is -2.06. The molecule has 4 nitrogen and oxygen atoms in total. The summed E-state index contributed by atoms with van der Waals surface area (Å²) in [5.41, 5.74) is 0.281. The second-order valence-corrected chi connectivity index (χ2v) is 3.77. The quantitative estimate of drug-likeness (QED) is 0.705. The zero-order chi connectivity index (χ0) is 11.4. The molecule has 0 spiro atoms. The Morgan fingerprint density at radius 3 is 2.87 bits per heavy atom. The summed E-state index contributed by atoms with van der Waals surface area (Å²) in [4.78, 5) is 22.0. The fourth-order valence-electron chi connectivity index (χ4n) is 1.51. The van der Waals surface area contributed by atoms with Crippen molar-refractivity contribution in [2.24, 2.45) is 5.92 Å². The smallest absolute Gasteiger partial charge is 0.335 e. The van der Waals surface area contributed by atoms with Gasteiger partial charge in [-0.1, -0.05) is 13.3 Å². The lowest BCUT2D eigenvalue weighted by atomic mass is 10.0. The molecule has 2 atom stereocenters. The van der Waals surface area contributed by atoms with E-state index in [0.29, 0.717) is 0 Å². The number of cyclic esters (lactones) is 1. The van der Waals surface area contributed by atoms with Gasteiger partial charge in [0.15, 0.2) is 0 Å². The number of unbranched alkanes of at least 4 members (excludes halogenated alkanes) is 1. The Bertz CT molecular complexity index is 293. The van der Waals surface area contributed by atoms with Crippen LogP contribution in [0.1, 0.15) is 33.1 Å². The van der Waals surface area contributed by atoms with Crippen LogP contribution in [0.15, 0.2) is 11.6 Å². The maximum absolute atomic E-state index is 11.3. The Kier molecular flexibility index (Phi) is 3.88. The van der Waals surface area contributed by atoms with Crippen LogP contribution in [-0.4, -0.2) is 23.1 Å². The van der Waals surface area contributed by atoms with Crippen LogP contribution >= 0.6 is 0 Å². The molecule has 1 aliphatic rings. The molecule has 84 valence electrons. The lowest BCUT2D eigenvalue weighted by Crippen LogP contribution is -2.16. The van der Waals surface area contributed by atoms with Gasteiger partial charge in [-0.3, -0.25) is 4.79 Å². The summed E-state index contributed by atoms with van der Waals surface area (Å²) in [6.07, 6.45) is 4.21.